The molecular formula is C22H20BrClCoN2O4S. The molecule has 3 rings (SSSR count). The average Bonchev–Trinajstić information content (AvgIpc) is 2.78. The van der Waals surface area contributed by atoms with Gasteiger partial charge in [0.25, 0.3) is 0 Å². The maximum absolute atomic E-state index is 13.6. The summed E-state index contributed by atoms with van der Waals surface area (Å²) in [5.41, 5.74) is 1.17. The second-order valence-corrected chi connectivity index (χ2v) is 10.4. The van der Waals surface area contributed by atoms with Gasteiger partial charge in [-0.25, -0.2) is 0 Å². The summed E-state index contributed by atoms with van der Waals surface area (Å²) >= 11 is 14.1. The van der Waals surface area contributed by atoms with Crippen molar-refractivity contribution in [2.45, 2.75) is 4.90 Å². The molecule has 3 aromatic rings. The van der Waals surface area contributed by atoms with Crippen LogP contribution >= 0.6 is 27.5 Å². The SMILES string of the molecule is COc1ccc(S(=O)(=O)N(C[C](=[Co])Nc2ccc(Br)cc2)c2cccc(Cl)c2)cc1OC. The monoisotopic (exact) mass is 581 g/mol. The van der Waals surface area contributed by atoms with Crippen molar-refractivity contribution in [3.05, 3.63) is 76.2 Å². The Labute approximate surface area is 208 Å². The number of sulfonamides is 1. The van der Waals surface area contributed by atoms with Gasteiger partial charge in [-0.05, 0) is 0 Å². The van der Waals surface area contributed by atoms with E-state index < -0.39 is 10.0 Å². The third-order valence-electron chi connectivity index (χ3n) is 4.43. The number of nitrogens with zero attached hydrogens (tertiary/aromatic N) is 1. The number of hydrogen-bond donors (Lipinski definition) is 1. The number of methoxy groups -OCH3 is 2. The van der Waals surface area contributed by atoms with Crippen molar-refractivity contribution in [1.29, 1.82) is 0 Å². The van der Waals surface area contributed by atoms with E-state index in [1.54, 1.807) is 30.3 Å². The molecule has 0 aliphatic carbocycles. The van der Waals surface area contributed by atoms with Gasteiger partial charge in [-0.1, -0.05) is 0 Å². The number of ether oxygens (including phenoxy) is 2. The molecule has 0 aliphatic heterocycles. The molecule has 0 fully saturated rings. The summed E-state index contributed by atoms with van der Waals surface area (Å²) in [6.45, 7) is -0.0485. The van der Waals surface area contributed by atoms with E-state index in [2.05, 4.69) is 36.5 Å². The summed E-state index contributed by atoms with van der Waals surface area (Å²) in [7, 11) is -1.07. The van der Waals surface area contributed by atoms with E-state index >= 15 is 0 Å². The molecule has 0 unspecified atom stereocenters. The quantitative estimate of drug-likeness (QED) is 0.380. The van der Waals surface area contributed by atoms with E-state index in [0.29, 0.717) is 26.8 Å². The van der Waals surface area contributed by atoms with Crippen molar-refractivity contribution < 1.29 is 33.2 Å². The summed E-state index contributed by atoms with van der Waals surface area (Å²) < 4.78 is 40.4. The predicted molar refractivity (Wildman–Crippen MR) is 128 cm³/mol. The summed E-state index contributed by atoms with van der Waals surface area (Å²) in [6, 6.07) is 18.5. The molecule has 0 aliphatic rings. The van der Waals surface area contributed by atoms with Gasteiger partial charge in [0, 0.05) is 0 Å². The van der Waals surface area contributed by atoms with E-state index in [0.717, 1.165) is 10.2 Å². The number of hydrogen-bond acceptors (Lipinski definition) is 5. The molecule has 0 heterocycles. The van der Waals surface area contributed by atoms with Crippen LogP contribution in [0.15, 0.2) is 76.1 Å². The van der Waals surface area contributed by atoms with Gasteiger partial charge in [0.2, 0.25) is 0 Å². The fourth-order valence-electron chi connectivity index (χ4n) is 2.89. The molecule has 0 amide bonds. The third-order valence-corrected chi connectivity index (χ3v) is 7.26. The maximum atomic E-state index is 13.6. The van der Waals surface area contributed by atoms with Crippen molar-refractivity contribution in [1.82, 2.24) is 0 Å². The number of halogens is 2. The molecule has 3 aromatic carbocycles. The zero-order valence-corrected chi connectivity index (χ0v) is 21.3. The summed E-state index contributed by atoms with van der Waals surface area (Å²) in [5, 5.41) is 3.53. The molecule has 171 valence electrons. The Hall–Kier alpha value is -2.04. The molecule has 32 heavy (non-hydrogen) atoms. The minimum absolute atomic E-state index is 0.0408. The van der Waals surface area contributed by atoms with Gasteiger partial charge in [0.1, 0.15) is 0 Å². The van der Waals surface area contributed by atoms with Gasteiger partial charge in [0.15, 0.2) is 0 Å². The molecule has 1 N–H and O–H groups in total. The van der Waals surface area contributed by atoms with E-state index in [1.165, 1.54) is 30.7 Å². The van der Waals surface area contributed by atoms with Gasteiger partial charge < -0.3 is 0 Å². The molecule has 0 radical (unpaired) electrons. The normalized spacial score (nSPS) is 11.0. The van der Waals surface area contributed by atoms with Crippen LogP contribution in [0.3, 0.4) is 0 Å². The van der Waals surface area contributed by atoms with Crippen LogP contribution < -0.4 is 19.1 Å². The van der Waals surface area contributed by atoms with Crippen LogP contribution in [0, 0.1) is 0 Å². The molecule has 0 bridgehead atoms. The number of rotatable bonds is 9. The standard InChI is InChI=1S/C22H20BrClN2O4S.Co/c1-29-21-11-10-20(15-22(21)30-2)31(27,28)26(19-5-3-4-17(24)14-19)13-12-25-18-8-6-16(23)7-9-18;/h3-11,14-15,25H,13H2,1-2H3;. The van der Waals surface area contributed by atoms with Gasteiger partial charge in [-0.15, -0.1) is 0 Å². The van der Waals surface area contributed by atoms with Crippen LogP contribution in [0.4, 0.5) is 11.4 Å². The van der Waals surface area contributed by atoms with Gasteiger partial charge in [0.05, 0.1) is 0 Å². The number of anilines is 2. The Bertz CT molecular complexity index is 1220. The van der Waals surface area contributed by atoms with Crippen LogP contribution in [0.5, 0.6) is 11.5 Å². The Morgan fingerprint density at radius 1 is 1.03 bits per heavy atom. The van der Waals surface area contributed by atoms with Gasteiger partial charge >= 0.3 is 210 Å². The first-order valence-electron chi connectivity index (χ1n) is 9.26. The van der Waals surface area contributed by atoms with Crippen LogP contribution in [0.25, 0.3) is 0 Å². The van der Waals surface area contributed by atoms with Crippen LogP contribution in [-0.2, 0) is 25.3 Å². The van der Waals surface area contributed by atoms with Crippen molar-refractivity contribution in [3.63, 3.8) is 0 Å². The zero-order valence-electron chi connectivity index (χ0n) is 17.1. The van der Waals surface area contributed by atoms with Crippen LogP contribution in [-0.4, -0.2) is 33.8 Å². The second kappa shape index (κ2) is 10.7. The minimum atomic E-state index is -4.00. The zero-order chi connectivity index (χ0) is 23.3. The second-order valence-electron chi connectivity index (χ2n) is 6.52. The molecule has 6 nitrogen and oxygen atoms in total. The van der Waals surface area contributed by atoms with Crippen LogP contribution in [0.2, 0.25) is 5.02 Å². The van der Waals surface area contributed by atoms with E-state index in [9.17, 15) is 8.42 Å². The van der Waals surface area contributed by atoms with E-state index in [-0.39, 0.29) is 11.4 Å². The fourth-order valence-corrected chi connectivity index (χ4v) is 5.20. The van der Waals surface area contributed by atoms with Crippen molar-refractivity contribution >= 4 is 53.5 Å². The topological polar surface area (TPSA) is 67.9 Å². The average molecular weight is 583 g/mol. The summed E-state index contributed by atoms with van der Waals surface area (Å²) in [6.07, 6.45) is 0. The summed E-state index contributed by atoms with van der Waals surface area (Å²) in [5.74, 6) is 0.737. The predicted octanol–water partition coefficient (Wildman–Crippen LogP) is 5.10. The molecule has 10 heteroatoms. The van der Waals surface area contributed by atoms with Crippen molar-refractivity contribution in [2.75, 3.05) is 30.4 Å². The number of nitrogens with one attached hydrogen (secondary N) is 1. The molecule has 0 saturated carbocycles. The van der Waals surface area contributed by atoms with Crippen LogP contribution in [0.1, 0.15) is 0 Å². The van der Waals surface area contributed by atoms with E-state index in [1.807, 2.05) is 24.3 Å². The Kier molecular flexibility index (Phi) is 8.24. The Balaban J connectivity index is 1.98. The molecular weight excluding hydrogens is 563 g/mol. The fraction of sp³-hybridized carbons (Fsp3) is 0.136. The van der Waals surface area contributed by atoms with Gasteiger partial charge in [-0.2, -0.15) is 0 Å². The third kappa shape index (κ3) is 5.84. The summed E-state index contributed by atoms with van der Waals surface area (Å²) in [4.78, 5) is 0.0408. The molecule has 0 aromatic heterocycles. The Morgan fingerprint density at radius 3 is 2.34 bits per heavy atom. The van der Waals surface area contributed by atoms with Gasteiger partial charge in [-0.3, -0.25) is 0 Å². The first-order valence-corrected chi connectivity index (χ1v) is 12.4. The first kappa shape index (κ1) is 24.6. The Morgan fingerprint density at radius 2 is 1.72 bits per heavy atom. The molecule has 0 saturated heterocycles. The van der Waals surface area contributed by atoms with E-state index in [4.69, 9.17) is 21.1 Å². The molecule has 0 spiro atoms. The first-order chi connectivity index (χ1) is 15.2. The van der Waals surface area contributed by atoms with Crippen molar-refractivity contribution in [2.24, 2.45) is 0 Å². The number of benzene rings is 3. The van der Waals surface area contributed by atoms with Crippen molar-refractivity contribution in [3.8, 4) is 11.5 Å². The molecule has 0 atom stereocenters.